The molecule has 3 heteroatoms. The quantitative estimate of drug-likeness (QED) is 0.757. The second-order valence-electron chi connectivity index (χ2n) is 4.13. The van der Waals surface area contributed by atoms with Crippen LogP contribution in [0, 0.1) is 19.7 Å². The first-order chi connectivity index (χ1) is 7.18. The van der Waals surface area contributed by atoms with Crippen LogP contribution < -0.4 is 10.2 Å². The summed E-state index contributed by atoms with van der Waals surface area (Å²) in [5.41, 5.74) is 2.81. The van der Waals surface area contributed by atoms with Gasteiger partial charge in [0.15, 0.2) is 0 Å². The molecule has 0 aliphatic carbocycles. The minimum absolute atomic E-state index is 0.0940. The number of benzene rings is 1. The van der Waals surface area contributed by atoms with Crippen LogP contribution in [0.1, 0.15) is 11.1 Å². The van der Waals surface area contributed by atoms with Crippen molar-refractivity contribution in [3.63, 3.8) is 0 Å². The number of hydrogen-bond donors (Lipinski definition) is 1. The third-order valence-corrected chi connectivity index (χ3v) is 2.92. The van der Waals surface area contributed by atoms with E-state index in [0.29, 0.717) is 0 Å². The van der Waals surface area contributed by atoms with Crippen molar-refractivity contribution in [2.45, 2.75) is 13.8 Å². The summed E-state index contributed by atoms with van der Waals surface area (Å²) in [7, 11) is 0. The van der Waals surface area contributed by atoms with Crippen molar-refractivity contribution in [1.82, 2.24) is 5.32 Å². The van der Waals surface area contributed by atoms with Gasteiger partial charge in [0, 0.05) is 37.4 Å². The number of nitrogens with zero attached hydrogens (tertiary/aromatic N) is 1. The molecule has 1 saturated heterocycles. The van der Waals surface area contributed by atoms with E-state index in [4.69, 9.17) is 0 Å². The molecule has 1 aliphatic rings. The van der Waals surface area contributed by atoms with Crippen molar-refractivity contribution in [3.05, 3.63) is 29.1 Å². The van der Waals surface area contributed by atoms with E-state index in [0.717, 1.165) is 43.0 Å². The van der Waals surface area contributed by atoms with E-state index in [2.05, 4.69) is 16.3 Å². The van der Waals surface area contributed by atoms with Crippen LogP contribution in [-0.2, 0) is 0 Å². The van der Waals surface area contributed by atoms with Gasteiger partial charge in [0.1, 0.15) is 5.82 Å². The van der Waals surface area contributed by atoms with Crippen molar-refractivity contribution >= 4 is 5.69 Å². The van der Waals surface area contributed by atoms with E-state index in [1.54, 1.807) is 6.07 Å². The standard InChI is InChI=1S/C12H17FN2/c1-9-7-11(13)10(2)12(8-9)15-5-3-14-4-6-15/h7-8,14H,3-6H2,1-2H3. The van der Waals surface area contributed by atoms with Crippen LogP contribution >= 0.6 is 0 Å². The zero-order chi connectivity index (χ0) is 10.8. The molecule has 1 aromatic rings. The highest BCUT2D eigenvalue weighted by molar-refractivity contribution is 5.55. The van der Waals surface area contributed by atoms with Gasteiger partial charge in [-0.05, 0) is 31.5 Å². The van der Waals surface area contributed by atoms with Gasteiger partial charge >= 0.3 is 0 Å². The molecule has 1 aromatic carbocycles. The molecule has 82 valence electrons. The Balaban J connectivity index is 2.33. The molecule has 0 spiro atoms. The number of piperazine rings is 1. The molecule has 1 N–H and O–H groups in total. The molecule has 0 aromatic heterocycles. The highest BCUT2D eigenvalue weighted by Gasteiger charge is 2.14. The highest BCUT2D eigenvalue weighted by Crippen LogP contribution is 2.24. The zero-order valence-electron chi connectivity index (χ0n) is 9.31. The Kier molecular flexibility index (Phi) is 2.91. The van der Waals surface area contributed by atoms with Gasteiger partial charge in [-0.3, -0.25) is 0 Å². The summed E-state index contributed by atoms with van der Waals surface area (Å²) in [5.74, 6) is -0.0940. The SMILES string of the molecule is Cc1cc(F)c(C)c(N2CCNCC2)c1. The number of rotatable bonds is 1. The summed E-state index contributed by atoms with van der Waals surface area (Å²) in [5, 5.41) is 3.30. The maximum atomic E-state index is 13.6. The first-order valence-electron chi connectivity index (χ1n) is 5.41. The summed E-state index contributed by atoms with van der Waals surface area (Å²) in [4.78, 5) is 2.25. The Bertz CT molecular complexity index is 357. The molecular weight excluding hydrogens is 191 g/mol. The number of nitrogens with one attached hydrogen (secondary N) is 1. The van der Waals surface area contributed by atoms with Crippen molar-refractivity contribution < 1.29 is 4.39 Å². The Morgan fingerprint density at radius 3 is 2.53 bits per heavy atom. The summed E-state index contributed by atoms with van der Waals surface area (Å²) in [6.07, 6.45) is 0. The van der Waals surface area contributed by atoms with Crippen molar-refractivity contribution in [2.75, 3.05) is 31.1 Å². The monoisotopic (exact) mass is 208 g/mol. The van der Waals surface area contributed by atoms with Gasteiger partial charge in [-0.2, -0.15) is 0 Å². The molecule has 2 rings (SSSR count). The second kappa shape index (κ2) is 4.19. The molecule has 0 unspecified atom stereocenters. The fourth-order valence-corrected chi connectivity index (χ4v) is 2.03. The maximum Gasteiger partial charge on any atom is 0.128 e. The predicted octanol–water partition coefficient (Wildman–Crippen LogP) is 1.85. The van der Waals surface area contributed by atoms with Crippen molar-refractivity contribution in [1.29, 1.82) is 0 Å². The smallest absolute Gasteiger partial charge is 0.128 e. The van der Waals surface area contributed by atoms with Gasteiger partial charge in [-0.1, -0.05) is 0 Å². The molecule has 1 aliphatic heterocycles. The Morgan fingerprint density at radius 2 is 1.87 bits per heavy atom. The van der Waals surface area contributed by atoms with Gasteiger partial charge in [-0.25, -0.2) is 4.39 Å². The molecule has 0 bridgehead atoms. The lowest BCUT2D eigenvalue weighted by Gasteiger charge is -2.31. The van der Waals surface area contributed by atoms with Gasteiger partial charge in [0.2, 0.25) is 0 Å². The Hall–Kier alpha value is -1.09. The summed E-state index contributed by atoms with van der Waals surface area (Å²) < 4.78 is 13.6. The molecule has 0 radical (unpaired) electrons. The lowest BCUT2D eigenvalue weighted by atomic mass is 10.1. The van der Waals surface area contributed by atoms with Crippen LogP contribution in [0.3, 0.4) is 0 Å². The molecule has 1 heterocycles. The van der Waals surface area contributed by atoms with E-state index in [9.17, 15) is 4.39 Å². The van der Waals surface area contributed by atoms with Crippen molar-refractivity contribution in [2.24, 2.45) is 0 Å². The molecule has 15 heavy (non-hydrogen) atoms. The van der Waals surface area contributed by atoms with Crippen LogP contribution in [0.4, 0.5) is 10.1 Å². The van der Waals surface area contributed by atoms with Crippen LogP contribution in [0.25, 0.3) is 0 Å². The molecule has 1 fully saturated rings. The third kappa shape index (κ3) is 2.12. The van der Waals surface area contributed by atoms with Gasteiger partial charge in [0.05, 0.1) is 0 Å². The zero-order valence-corrected chi connectivity index (χ0v) is 9.31. The number of anilines is 1. The molecule has 0 atom stereocenters. The number of hydrogen-bond acceptors (Lipinski definition) is 2. The minimum atomic E-state index is -0.0940. The van der Waals surface area contributed by atoms with E-state index >= 15 is 0 Å². The Morgan fingerprint density at radius 1 is 1.20 bits per heavy atom. The van der Waals surface area contributed by atoms with Gasteiger partial charge in [0.25, 0.3) is 0 Å². The first kappa shape index (κ1) is 10.4. The average molecular weight is 208 g/mol. The molecule has 0 amide bonds. The topological polar surface area (TPSA) is 15.3 Å². The largest absolute Gasteiger partial charge is 0.369 e. The first-order valence-corrected chi connectivity index (χ1v) is 5.41. The molecule has 2 nitrogen and oxygen atoms in total. The van der Waals surface area contributed by atoms with E-state index in [1.165, 1.54) is 0 Å². The van der Waals surface area contributed by atoms with E-state index in [-0.39, 0.29) is 5.82 Å². The highest BCUT2D eigenvalue weighted by atomic mass is 19.1. The summed E-state index contributed by atoms with van der Waals surface area (Å²) in [6.45, 7) is 7.68. The third-order valence-electron chi connectivity index (χ3n) is 2.92. The molecular formula is C12H17FN2. The predicted molar refractivity (Wildman–Crippen MR) is 61.0 cm³/mol. The van der Waals surface area contributed by atoms with Crippen LogP contribution in [-0.4, -0.2) is 26.2 Å². The van der Waals surface area contributed by atoms with Crippen LogP contribution in [0.5, 0.6) is 0 Å². The lowest BCUT2D eigenvalue weighted by Crippen LogP contribution is -2.43. The van der Waals surface area contributed by atoms with E-state index in [1.807, 2.05) is 13.8 Å². The van der Waals surface area contributed by atoms with E-state index < -0.39 is 0 Å². The van der Waals surface area contributed by atoms with Crippen molar-refractivity contribution in [3.8, 4) is 0 Å². The van der Waals surface area contributed by atoms with Crippen LogP contribution in [0.2, 0.25) is 0 Å². The number of aryl methyl sites for hydroxylation is 1. The number of halogens is 1. The maximum absolute atomic E-state index is 13.6. The molecule has 0 saturated carbocycles. The normalized spacial score (nSPS) is 16.9. The minimum Gasteiger partial charge on any atom is -0.369 e. The average Bonchev–Trinajstić information content (AvgIpc) is 2.24. The van der Waals surface area contributed by atoms with Crippen LogP contribution in [0.15, 0.2) is 12.1 Å². The van der Waals surface area contributed by atoms with Gasteiger partial charge in [-0.15, -0.1) is 0 Å². The summed E-state index contributed by atoms with van der Waals surface area (Å²) in [6, 6.07) is 3.67. The fourth-order valence-electron chi connectivity index (χ4n) is 2.03. The fraction of sp³-hybridized carbons (Fsp3) is 0.500. The summed E-state index contributed by atoms with van der Waals surface area (Å²) >= 11 is 0. The van der Waals surface area contributed by atoms with Gasteiger partial charge < -0.3 is 10.2 Å². The second-order valence-corrected chi connectivity index (χ2v) is 4.13. The lowest BCUT2D eigenvalue weighted by molar-refractivity contribution is 0.581. The Labute approximate surface area is 90.1 Å².